The standard InChI is InChI=1S/C18H15N3OS/c1-21-16-8-7-12(9-13(16)10-17(21)22)15-11-23-18(20-15)19-14-5-3-2-4-6-14/h2-9,11H,10H2,1H3,(H,19,20). The van der Waals surface area contributed by atoms with Crippen molar-refractivity contribution < 1.29 is 4.79 Å². The van der Waals surface area contributed by atoms with E-state index in [9.17, 15) is 4.79 Å². The maximum absolute atomic E-state index is 11.8. The van der Waals surface area contributed by atoms with Crippen LogP contribution in [0.1, 0.15) is 5.56 Å². The van der Waals surface area contributed by atoms with Crippen molar-refractivity contribution in [2.45, 2.75) is 6.42 Å². The third-order valence-corrected chi connectivity index (χ3v) is 4.74. The van der Waals surface area contributed by atoms with Crippen molar-refractivity contribution in [1.29, 1.82) is 0 Å². The molecule has 1 amide bonds. The summed E-state index contributed by atoms with van der Waals surface area (Å²) >= 11 is 1.57. The summed E-state index contributed by atoms with van der Waals surface area (Å²) in [5.74, 6) is 0.141. The monoisotopic (exact) mass is 321 g/mol. The molecule has 0 bridgehead atoms. The Morgan fingerprint density at radius 1 is 1.17 bits per heavy atom. The Bertz CT molecular complexity index is 873. The molecule has 1 aromatic heterocycles. The second-order valence-corrected chi connectivity index (χ2v) is 6.36. The number of carbonyl (C=O) groups is 1. The zero-order chi connectivity index (χ0) is 15.8. The van der Waals surface area contributed by atoms with E-state index in [-0.39, 0.29) is 5.91 Å². The molecule has 3 aromatic rings. The lowest BCUT2D eigenvalue weighted by Gasteiger charge is -2.09. The second kappa shape index (κ2) is 5.52. The van der Waals surface area contributed by atoms with E-state index in [1.165, 1.54) is 0 Å². The number of benzene rings is 2. The molecule has 0 saturated heterocycles. The fourth-order valence-electron chi connectivity index (χ4n) is 2.74. The average Bonchev–Trinajstić information content (AvgIpc) is 3.14. The number of thiazole rings is 1. The van der Waals surface area contributed by atoms with Crippen LogP contribution in [0, 0.1) is 0 Å². The Labute approximate surface area is 138 Å². The van der Waals surface area contributed by atoms with Gasteiger partial charge in [0.1, 0.15) is 0 Å². The van der Waals surface area contributed by atoms with Crippen LogP contribution in [0.3, 0.4) is 0 Å². The molecule has 114 valence electrons. The van der Waals surface area contributed by atoms with E-state index in [1.807, 2.05) is 54.9 Å². The van der Waals surface area contributed by atoms with Crippen molar-refractivity contribution in [3.05, 3.63) is 59.5 Å². The lowest BCUT2D eigenvalue weighted by molar-refractivity contribution is -0.117. The minimum atomic E-state index is 0.141. The normalized spacial score (nSPS) is 13.3. The lowest BCUT2D eigenvalue weighted by Crippen LogP contribution is -2.20. The van der Waals surface area contributed by atoms with E-state index in [0.717, 1.165) is 33.3 Å². The fourth-order valence-corrected chi connectivity index (χ4v) is 3.48. The first-order valence-corrected chi connectivity index (χ1v) is 8.26. The van der Waals surface area contributed by atoms with E-state index < -0.39 is 0 Å². The molecule has 4 rings (SSSR count). The highest BCUT2D eigenvalue weighted by Crippen LogP contribution is 2.33. The van der Waals surface area contributed by atoms with E-state index in [4.69, 9.17) is 0 Å². The molecular weight excluding hydrogens is 306 g/mol. The van der Waals surface area contributed by atoms with E-state index in [2.05, 4.69) is 16.4 Å². The number of hydrogen-bond acceptors (Lipinski definition) is 4. The fraction of sp³-hybridized carbons (Fsp3) is 0.111. The van der Waals surface area contributed by atoms with Crippen molar-refractivity contribution >= 4 is 33.8 Å². The summed E-state index contributed by atoms with van der Waals surface area (Å²) in [5.41, 5.74) is 5.06. The molecule has 0 radical (unpaired) electrons. The van der Waals surface area contributed by atoms with Crippen molar-refractivity contribution in [2.24, 2.45) is 0 Å². The summed E-state index contributed by atoms with van der Waals surface area (Å²) in [6.45, 7) is 0. The van der Waals surface area contributed by atoms with Gasteiger partial charge in [-0.1, -0.05) is 24.3 Å². The third kappa shape index (κ3) is 2.59. The summed E-state index contributed by atoms with van der Waals surface area (Å²) in [4.78, 5) is 18.1. The number of nitrogens with zero attached hydrogens (tertiary/aromatic N) is 2. The number of likely N-dealkylation sites (N-methyl/N-ethyl adjacent to an activating group) is 1. The highest BCUT2D eigenvalue weighted by atomic mass is 32.1. The number of carbonyl (C=O) groups excluding carboxylic acids is 1. The second-order valence-electron chi connectivity index (χ2n) is 5.50. The van der Waals surface area contributed by atoms with Gasteiger partial charge >= 0.3 is 0 Å². The molecule has 0 aliphatic carbocycles. The SMILES string of the molecule is CN1C(=O)Cc2cc(-c3csc(Nc4ccccc4)n3)ccc21. The van der Waals surface area contributed by atoms with Gasteiger partial charge in [-0.25, -0.2) is 4.98 Å². The number of anilines is 3. The molecule has 23 heavy (non-hydrogen) atoms. The van der Waals surface area contributed by atoms with Gasteiger partial charge in [0.05, 0.1) is 12.1 Å². The van der Waals surface area contributed by atoms with Crippen LogP contribution in [0.15, 0.2) is 53.9 Å². The van der Waals surface area contributed by atoms with Crippen molar-refractivity contribution in [3.63, 3.8) is 0 Å². The van der Waals surface area contributed by atoms with Gasteiger partial charge in [0.15, 0.2) is 5.13 Å². The summed E-state index contributed by atoms with van der Waals surface area (Å²) in [6.07, 6.45) is 0.471. The molecule has 0 fully saturated rings. The third-order valence-electron chi connectivity index (χ3n) is 3.98. The Morgan fingerprint density at radius 3 is 2.83 bits per heavy atom. The maximum atomic E-state index is 11.8. The van der Waals surface area contributed by atoms with Crippen LogP contribution in [-0.2, 0) is 11.2 Å². The number of nitrogens with one attached hydrogen (secondary N) is 1. The molecule has 2 heterocycles. The van der Waals surface area contributed by atoms with Crippen LogP contribution >= 0.6 is 11.3 Å². The Hall–Kier alpha value is -2.66. The first-order chi connectivity index (χ1) is 11.2. The summed E-state index contributed by atoms with van der Waals surface area (Å²) in [7, 11) is 1.82. The zero-order valence-electron chi connectivity index (χ0n) is 12.6. The van der Waals surface area contributed by atoms with E-state index >= 15 is 0 Å². The number of hydrogen-bond donors (Lipinski definition) is 1. The summed E-state index contributed by atoms with van der Waals surface area (Å²) in [5, 5.41) is 6.20. The highest BCUT2D eigenvalue weighted by Gasteiger charge is 2.24. The van der Waals surface area contributed by atoms with Gasteiger partial charge in [-0.2, -0.15) is 0 Å². The molecule has 4 nitrogen and oxygen atoms in total. The molecule has 0 atom stereocenters. The van der Waals surface area contributed by atoms with Gasteiger partial charge in [-0.15, -0.1) is 11.3 Å². The first kappa shape index (κ1) is 14.0. The topological polar surface area (TPSA) is 45.2 Å². The Kier molecular flexibility index (Phi) is 3.35. The van der Waals surface area contributed by atoms with Crippen LogP contribution in [0.25, 0.3) is 11.3 Å². The van der Waals surface area contributed by atoms with Gasteiger partial charge in [0.2, 0.25) is 5.91 Å². The predicted molar refractivity (Wildman–Crippen MR) is 94.4 cm³/mol. The number of amides is 1. The molecule has 2 aromatic carbocycles. The lowest BCUT2D eigenvalue weighted by atomic mass is 10.1. The van der Waals surface area contributed by atoms with Crippen LogP contribution in [-0.4, -0.2) is 17.9 Å². The van der Waals surface area contributed by atoms with Gasteiger partial charge < -0.3 is 10.2 Å². The minimum absolute atomic E-state index is 0.141. The average molecular weight is 321 g/mol. The molecule has 0 spiro atoms. The maximum Gasteiger partial charge on any atom is 0.231 e. The van der Waals surface area contributed by atoms with E-state index in [1.54, 1.807) is 16.2 Å². The first-order valence-electron chi connectivity index (χ1n) is 7.38. The van der Waals surface area contributed by atoms with Crippen LogP contribution in [0.2, 0.25) is 0 Å². The van der Waals surface area contributed by atoms with E-state index in [0.29, 0.717) is 6.42 Å². The molecule has 5 heteroatoms. The van der Waals surface area contributed by atoms with Gasteiger partial charge in [-0.05, 0) is 29.8 Å². The number of rotatable bonds is 3. The molecule has 1 aliphatic rings. The number of fused-ring (bicyclic) bond motifs is 1. The van der Waals surface area contributed by atoms with Crippen LogP contribution in [0.5, 0.6) is 0 Å². The smallest absolute Gasteiger partial charge is 0.231 e. The van der Waals surface area contributed by atoms with Crippen molar-refractivity contribution in [2.75, 3.05) is 17.3 Å². The predicted octanol–water partition coefficient (Wildman–Crippen LogP) is 4.07. The molecule has 1 N–H and O–H groups in total. The van der Waals surface area contributed by atoms with Gasteiger partial charge in [0, 0.05) is 29.4 Å². The quantitative estimate of drug-likeness (QED) is 0.791. The van der Waals surface area contributed by atoms with Crippen LogP contribution < -0.4 is 10.2 Å². The minimum Gasteiger partial charge on any atom is -0.332 e. The summed E-state index contributed by atoms with van der Waals surface area (Å²) < 4.78 is 0. The highest BCUT2D eigenvalue weighted by molar-refractivity contribution is 7.14. The Morgan fingerprint density at radius 2 is 2.00 bits per heavy atom. The Balaban J connectivity index is 1.60. The molecule has 0 unspecified atom stereocenters. The number of aromatic nitrogens is 1. The summed E-state index contributed by atoms with van der Waals surface area (Å²) in [6, 6.07) is 16.1. The zero-order valence-corrected chi connectivity index (χ0v) is 13.4. The van der Waals surface area contributed by atoms with Gasteiger partial charge in [0.25, 0.3) is 0 Å². The molecular formula is C18H15N3OS. The molecule has 1 aliphatic heterocycles. The van der Waals surface area contributed by atoms with Crippen molar-refractivity contribution in [3.8, 4) is 11.3 Å². The van der Waals surface area contributed by atoms with Gasteiger partial charge in [-0.3, -0.25) is 4.79 Å². The molecule has 0 saturated carbocycles. The number of para-hydroxylation sites is 1. The van der Waals surface area contributed by atoms with Crippen LogP contribution in [0.4, 0.5) is 16.5 Å². The van der Waals surface area contributed by atoms with Crippen molar-refractivity contribution in [1.82, 2.24) is 4.98 Å². The largest absolute Gasteiger partial charge is 0.332 e.